The molecule has 5 heteroatoms. The van der Waals surface area contributed by atoms with E-state index in [1.165, 1.54) is 18.2 Å². The number of rotatable bonds is 6. The number of carbonyl (C=O) groups excluding carboxylic acids is 2. The maximum absolute atomic E-state index is 12.3. The molecule has 1 atom stereocenters. The van der Waals surface area contributed by atoms with Crippen LogP contribution < -0.4 is 4.74 Å². The summed E-state index contributed by atoms with van der Waals surface area (Å²) >= 11 is 0. The number of methoxy groups -OCH3 is 1. The molecule has 0 radical (unpaired) electrons. The highest BCUT2D eigenvalue weighted by Crippen LogP contribution is 2.29. The normalized spacial score (nSPS) is 15.6. The number of likely N-dealkylation sites (N-methyl/N-ethyl adjacent to an activating group) is 1. The first-order chi connectivity index (χ1) is 13.1. The molecule has 27 heavy (non-hydrogen) atoms. The molecule has 3 rings (SSSR count). The quantitative estimate of drug-likeness (QED) is 0.736. The topological polar surface area (TPSA) is 55.8 Å². The van der Waals surface area contributed by atoms with Crippen molar-refractivity contribution in [2.75, 3.05) is 27.3 Å². The van der Waals surface area contributed by atoms with Gasteiger partial charge in [0.2, 0.25) is 0 Å². The molecular weight excluding hydrogens is 342 g/mol. The maximum atomic E-state index is 12.3. The van der Waals surface area contributed by atoms with E-state index in [1.807, 2.05) is 48.5 Å². The van der Waals surface area contributed by atoms with Crippen molar-refractivity contribution in [1.29, 1.82) is 0 Å². The third-order valence-corrected chi connectivity index (χ3v) is 5.00. The molecule has 0 saturated carbocycles. The van der Waals surface area contributed by atoms with Crippen LogP contribution in [-0.4, -0.2) is 44.1 Å². The molecule has 0 saturated heterocycles. The molecule has 0 fully saturated rings. The van der Waals surface area contributed by atoms with Gasteiger partial charge in [0.15, 0.2) is 0 Å². The van der Waals surface area contributed by atoms with Crippen LogP contribution >= 0.6 is 0 Å². The molecule has 0 heterocycles. The van der Waals surface area contributed by atoms with Gasteiger partial charge >= 0.3 is 5.97 Å². The Morgan fingerprint density at radius 2 is 1.89 bits per heavy atom. The molecule has 142 valence electrons. The van der Waals surface area contributed by atoms with Crippen molar-refractivity contribution < 1.29 is 19.1 Å². The summed E-state index contributed by atoms with van der Waals surface area (Å²) in [6.07, 6.45) is 2.37. The number of hydrogen-bond donors (Lipinski definition) is 0. The van der Waals surface area contributed by atoms with Crippen molar-refractivity contribution in [2.24, 2.45) is 5.92 Å². The van der Waals surface area contributed by atoms with Crippen molar-refractivity contribution in [3.8, 4) is 5.75 Å². The van der Waals surface area contributed by atoms with E-state index < -0.39 is 0 Å². The zero-order valence-electron chi connectivity index (χ0n) is 15.8. The minimum absolute atomic E-state index is 0.0153. The highest BCUT2D eigenvalue weighted by atomic mass is 16.5. The Hall–Kier alpha value is -2.82. The Kier molecular flexibility index (Phi) is 6.12. The van der Waals surface area contributed by atoms with Crippen molar-refractivity contribution in [1.82, 2.24) is 4.90 Å². The zero-order chi connectivity index (χ0) is 19.2. The van der Waals surface area contributed by atoms with E-state index in [-0.39, 0.29) is 17.8 Å². The van der Waals surface area contributed by atoms with Gasteiger partial charge in [0.1, 0.15) is 12.4 Å². The second-order valence-corrected chi connectivity index (χ2v) is 6.83. The SMILES string of the molecule is COC(=O)C1CCc2cc(OCCN(C)C(=O)c3ccccc3)ccc2C1. The highest BCUT2D eigenvalue weighted by Gasteiger charge is 2.25. The van der Waals surface area contributed by atoms with Crippen LogP contribution in [0, 0.1) is 5.92 Å². The van der Waals surface area contributed by atoms with Gasteiger partial charge in [-0.05, 0) is 54.7 Å². The van der Waals surface area contributed by atoms with E-state index in [1.54, 1.807) is 11.9 Å². The Bertz CT molecular complexity index is 803. The molecule has 1 aliphatic carbocycles. The monoisotopic (exact) mass is 367 g/mol. The molecule has 0 N–H and O–H groups in total. The predicted octanol–water partition coefficient (Wildman–Crippen LogP) is 3.12. The summed E-state index contributed by atoms with van der Waals surface area (Å²) in [6.45, 7) is 0.938. The first-order valence-electron chi connectivity index (χ1n) is 9.21. The maximum Gasteiger partial charge on any atom is 0.309 e. The van der Waals surface area contributed by atoms with Gasteiger partial charge in [-0.2, -0.15) is 0 Å². The average molecular weight is 367 g/mol. The van der Waals surface area contributed by atoms with Gasteiger partial charge in [-0.3, -0.25) is 9.59 Å². The lowest BCUT2D eigenvalue weighted by Gasteiger charge is -2.23. The first kappa shape index (κ1) is 19.0. The second kappa shape index (κ2) is 8.71. The number of benzene rings is 2. The van der Waals surface area contributed by atoms with Crippen LogP contribution in [0.3, 0.4) is 0 Å². The van der Waals surface area contributed by atoms with Crippen LogP contribution in [-0.2, 0) is 22.4 Å². The van der Waals surface area contributed by atoms with Gasteiger partial charge in [0, 0.05) is 12.6 Å². The molecule has 0 aliphatic heterocycles. The van der Waals surface area contributed by atoms with Gasteiger partial charge in [-0.25, -0.2) is 0 Å². The lowest BCUT2D eigenvalue weighted by atomic mass is 9.84. The number of carbonyl (C=O) groups is 2. The fourth-order valence-electron chi connectivity index (χ4n) is 3.39. The van der Waals surface area contributed by atoms with E-state index >= 15 is 0 Å². The van der Waals surface area contributed by atoms with Crippen LogP contribution in [0.2, 0.25) is 0 Å². The molecule has 2 aromatic carbocycles. The largest absolute Gasteiger partial charge is 0.492 e. The molecule has 1 aliphatic rings. The van der Waals surface area contributed by atoms with Gasteiger partial charge in [-0.15, -0.1) is 0 Å². The lowest BCUT2D eigenvalue weighted by Crippen LogP contribution is -2.30. The molecule has 0 spiro atoms. The van der Waals surface area contributed by atoms with Gasteiger partial charge in [0.05, 0.1) is 19.6 Å². The van der Waals surface area contributed by atoms with E-state index in [4.69, 9.17) is 9.47 Å². The number of hydrogen-bond acceptors (Lipinski definition) is 4. The smallest absolute Gasteiger partial charge is 0.309 e. The Morgan fingerprint density at radius 1 is 1.11 bits per heavy atom. The predicted molar refractivity (Wildman–Crippen MR) is 103 cm³/mol. The molecule has 2 aromatic rings. The van der Waals surface area contributed by atoms with Crippen molar-refractivity contribution in [3.05, 3.63) is 65.2 Å². The molecule has 0 bridgehead atoms. The average Bonchev–Trinajstić information content (AvgIpc) is 2.72. The van der Waals surface area contributed by atoms with Crippen molar-refractivity contribution >= 4 is 11.9 Å². The van der Waals surface area contributed by atoms with Gasteiger partial charge in [-0.1, -0.05) is 24.3 Å². The lowest BCUT2D eigenvalue weighted by molar-refractivity contribution is -0.145. The zero-order valence-corrected chi connectivity index (χ0v) is 15.8. The van der Waals surface area contributed by atoms with E-state index in [2.05, 4.69) is 0 Å². The molecule has 1 unspecified atom stereocenters. The van der Waals surface area contributed by atoms with Crippen molar-refractivity contribution in [3.63, 3.8) is 0 Å². The Labute approximate surface area is 159 Å². The number of esters is 1. The van der Waals surface area contributed by atoms with Crippen molar-refractivity contribution in [2.45, 2.75) is 19.3 Å². The molecule has 5 nitrogen and oxygen atoms in total. The summed E-state index contributed by atoms with van der Waals surface area (Å²) in [5.74, 6) is 0.600. The standard InChI is InChI=1S/C22H25NO4/c1-23(21(24)16-6-4-3-5-7-16)12-13-27-20-11-10-17-14-19(22(25)26-2)9-8-18(17)15-20/h3-7,10-11,15,19H,8-9,12-14H2,1-2H3. The van der Waals surface area contributed by atoms with Crippen LogP contribution in [0.15, 0.2) is 48.5 Å². The van der Waals surface area contributed by atoms with E-state index in [9.17, 15) is 9.59 Å². The number of fused-ring (bicyclic) bond motifs is 1. The summed E-state index contributed by atoms with van der Waals surface area (Å²) < 4.78 is 10.7. The Morgan fingerprint density at radius 3 is 2.63 bits per heavy atom. The number of amides is 1. The number of ether oxygens (including phenoxy) is 2. The minimum atomic E-state index is -0.132. The molecular formula is C22H25NO4. The fourth-order valence-corrected chi connectivity index (χ4v) is 3.39. The minimum Gasteiger partial charge on any atom is -0.492 e. The van der Waals surface area contributed by atoms with Gasteiger partial charge in [0.25, 0.3) is 5.91 Å². The fraction of sp³-hybridized carbons (Fsp3) is 0.364. The summed E-state index contributed by atoms with van der Waals surface area (Å²) in [4.78, 5) is 25.7. The van der Waals surface area contributed by atoms with E-state index in [0.29, 0.717) is 18.7 Å². The first-order valence-corrected chi connectivity index (χ1v) is 9.21. The van der Waals surface area contributed by atoms with Gasteiger partial charge < -0.3 is 14.4 Å². The van der Waals surface area contributed by atoms with E-state index in [0.717, 1.165) is 25.0 Å². The summed E-state index contributed by atoms with van der Waals surface area (Å²) in [7, 11) is 3.22. The third-order valence-electron chi connectivity index (χ3n) is 5.00. The molecule has 0 aromatic heterocycles. The van der Waals surface area contributed by atoms with Crippen LogP contribution in [0.4, 0.5) is 0 Å². The van der Waals surface area contributed by atoms with Crippen LogP contribution in [0.25, 0.3) is 0 Å². The number of aryl methyl sites for hydroxylation is 1. The summed E-state index contributed by atoms with van der Waals surface area (Å²) in [6, 6.07) is 15.2. The molecule has 1 amide bonds. The highest BCUT2D eigenvalue weighted by molar-refractivity contribution is 5.93. The second-order valence-electron chi connectivity index (χ2n) is 6.83. The third kappa shape index (κ3) is 4.67. The number of nitrogens with zero attached hydrogens (tertiary/aromatic N) is 1. The summed E-state index contributed by atoms with van der Waals surface area (Å²) in [5.41, 5.74) is 3.08. The van der Waals surface area contributed by atoms with Crippen LogP contribution in [0.1, 0.15) is 27.9 Å². The Balaban J connectivity index is 1.52. The van der Waals surface area contributed by atoms with Crippen LogP contribution in [0.5, 0.6) is 5.75 Å². The summed E-state index contributed by atoms with van der Waals surface area (Å²) in [5, 5.41) is 0.